The van der Waals surface area contributed by atoms with Crippen molar-refractivity contribution in [2.75, 3.05) is 113 Å². The second kappa shape index (κ2) is 25.2. The van der Waals surface area contributed by atoms with Gasteiger partial charge in [-0.1, -0.05) is 0 Å². The van der Waals surface area contributed by atoms with E-state index in [0.717, 1.165) is 87.5 Å². The van der Waals surface area contributed by atoms with Crippen molar-refractivity contribution in [2.24, 2.45) is 0 Å². The standard InChI is InChI=1S/C51H76O9S4/c1-37(62-22-7-8-23-62)41-34-45(56-3)39(30-47(41)58-17-14-52)32-51(64-26-11-12-27-64)43-36-46(57-4)40(31-49(43)60-19-16-54)33-50(63-24-9-10-25-63)42-35-44(55-2)38(29-48(42)59-18-15-53)13-28-61-20-5-6-21-61/h29-31,34-37,50-54H,5-28,32-33H2,1-4H3/q+4. The zero-order valence-electron chi connectivity index (χ0n) is 39.0. The summed E-state index contributed by atoms with van der Waals surface area (Å²) < 4.78 is 38.2. The van der Waals surface area contributed by atoms with Gasteiger partial charge in [0.2, 0.25) is 0 Å². The first kappa shape index (κ1) is 49.6. The van der Waals surface area contributed by atoms with Gasteiger partial charge in [-0.25, -0.2) is 0 Å². The third-order valence-corrected chi connectivity index (χ3v) is 24.6. The molecule has 0 amide bonds. The summed E-state index contributed by atoms with van der Waals surface area (Å²) in [4.78, 5) is 0. The molecule has 4 aliphatic heterocycles. The van der Waals surface area contributed by atoms with Crippen LogP contribution in [0.4, 0.5) is 0 Å². The summed E-state index contributed by atoms with van der Waals surface area (Å²) in [7, 11) is 6.29. The van der Waals surface area contributed by atoms with E-state index in [4.69, 9.17) is 28.4 Å². The van der Waals surface area contributed by atoms with E-state index in [1.54, 1.807) is 21.3 Å². The molecule has 4 fully saturated rings. The highest BCUT2D eigenvalue weighted by Gasteiger charge is 2.42. The van der Waals surface area contributed by atoms with Crippen LogP contribution in [0.2, 0.25) is 0 Å². The monoisotopic (exact) mass is 960 g/mol. The molecule has 4 aliphatic rings. The molecule has 13 heteroatoms. The summed E-state index contributed by atoms with van der Waals surface area (Å²) in [5.74, 6) is 16.2. The minimum absolute atomic E-state index is 0.0384. The van der Waals surface area contributed by atoms with Crippen LogP contribution >= 0.6 is 0 Å². The Morgan fingerprint density at radius 3 is 1.23 bits per heavy atom. The van der Waals surface area contributed by atoms with Gasteiger partial charge in [-0.2, -0.15) is 0 Å². The third-order valence-electron chi connectivity index (χ3n) is 13.5. The van der Waals surface area contributed by atoms with Gasteiger partial charge in [-0.05, 0) is 138 Å². The van der Waals surface area contributed by atoms with Gasteiger partial charge in [0, 0.05) is 41.5 Å². The van der Waals surface area contributed by atoms with Gasteiger partial charge in [0.1, 0.15) is 111 Å². The number of hydrogen-bond acceptors (Lipinski definition) is 9. The molecule has 3 unspecified atom stereocenters. The van der Waals surface area contributed by atoms with Crippen LogP contribution < -0.4 is 28.4 Å². The molecule has 0 saturated carbocycles. The highest BCUT2D eigenvalue weighted by Crippen LogP contribution is 2.48. The number of aliphatic hydroxyl groups excluding tert-OH is 3. The topological polar surface area (TPSA) is 116 Å². The molecule has 0 radical (unpaired) electrons. The average molecular weight is 961 g/mol. The lowest BCUT2D eigenvalue weighted by molar-refractivity contribution is 0.199. The number of methoxy groups -OCH3 is 3. The van der Waals surface area contributed by atoms with Crippen LogP contribution in [0, 0.1) is 0 Å². The van der Waals surface area contributed by atoms with E-state index < -0.39 is 0 Å². The molecule has 64 heavy (non-hydrogen) atoms. The smallest absolute Gasteiger partial charge is 0.151 e. The number of benzene rings is 3. The fraction of sp³-hybridized carbons (Fsp3) is 0.647. The second-order valence-electron chi connectivity index (χ2n) is 17.5. The van der Waals surface area contributed by atoms with Crippen LogP contribution in [-0.2, 0) is 62.8 Å². The van der Waals surface area contributed by atoms with E-state index in [1.807, 2.05) is 0 Å². The van der Waals surface area contributed by atoms with Gasteiger partial charge in [0.25, 0.3) is 0 Å². The molecular weight excluding hydrogens is 885 g/mol. The molecule has 354 valence electrons. The van der Waals surface area contributed by atoms with Gasteiger partial charge < -0.3 is 43.7 Å². The minimum Gasteiger partial charge on any atom is -0.496 e. The predicted molar refractivity (Wildman–Crippen MR) is 272 cm³/mol. The first-order valence-corrected chi connectivity index (χ1v) is 30.5. The largest absolute Gasteiger partial charge is 0.496 e. The Balaban J connectivity index is 1.28. The average Bonchev–Trinajstić information content (AvgIpc) is 4.19. The molecule has 9 nitrogen and oxygen atoms in total. The van der Waals surface area contributed by atoms with Crippen LogP contribution in [0.1, 0.15) is 107 Å². The summed E-state index contributed by atoms with van der Waals surface area (Å²) >= 11 is 0. The fourth-order valence-corrected chi connectivity index (χ4v) is 20.8. The Morgan fingerprint density at radius 1 is 0.453 bits per heavy atom. The Morgan fingerprint density at radius 2 is 0.812 bits per heavy atom. The zero-order valence-corrected chi connectivity index (χ0v) is 42.3. The maximum absolute atomic E-state index is 10.2. The lowest BCUT2D eigenvalue weighted by Gasteiger charge is -2.25. The van der Waals surface area contributed by atoms with E-state index in [9.17, 15) is 15.3 Å². The summed E-state index contributed by atoms with van der Waals surface area (Å²) in [6, 6.07) is 13.4. The number of hydrogen-bond donors (Lipinski definition) is 3. The molecule has 3 aromatic carbocycles. The number of aliphatic hydroxyl groups is 3. The maximum Gasteiger partial charge on any atom is 0.151 e. The molecule has 0 bridgehead atoms. The minimum atomic E-state index is -0.0805. The highest BCUT2D eigenvalue weighted by molar-refractivity contribution is 7.98. The third kappa shape index (κ3) is 12.4. The zero-order chi connectivity index (χ0) is 44.8. The lowest BCUT2D eigenvalue weighted by Crippen LogP contribution is -2.22. The molecule has 0 aliphatic carbocycles. The molecule has 4 saturated heterocycles. The van der Waals surface area contributed by atoms with Crippen molar-refractivity contribution in [3.63, 3.8) is 0 Å². The summed E-state index contributed by atoms with van der Waals surface area (Å²) in [5.41, 5.74) is 6.81. The lowest BCUT2D eigenvalue weighted by atomic mass is 9.95. The van der Waals surface area contributed by atoms with E-state index in [2.05, 4.69) is 43.3 Å². The van der Waals surface area contributed by atoms with E-state index in [0.29, 0.717) is 27.0 Å². The van der Waals surface area contributed by atoms with Gasteiger partial charge in [0.15, 0.2) is 10.5 Å². The fourth-order valence-electron chi connectivity index (χ4n) is 10.1. The van der Waals surface area contributed by atoms with Crippen molar-refractivity contribution < 1.29 is 43.7 Å². The molecule has 3 N–H and O–H groups in total. The Bertz CT molecular complexity index is 1910. The van der Waals surface area contributed by atoms with Crippen LogP contribution in [0.25, 0.3) is 0 Å². The first-order valence-electron chi connectivity index (χ1n) is 23.9. The van der Waals surface area contributed by atoms with Gasteiger partial charge in [-0.3, -0.25) is 0 Å². The normalized spacial score (nSPS) is 19.0. The molecule has 0 aromatic heterocycles. The van der Waals surface area contributed by atoms with Gasteiger partial charge in [0.05, 0.1) is 52.3 Å². The van der Waals surface area contributed by atoms with Crippen LogP contribution in [0.5, 0.6) is 34.5 Å². The van der Waals surface area contributed by atoms with Gasteiger partial charge >= 0.3 is 0 Å². The van der Waals surface area contributed by atoms with Crippen molar-refractivity contribution in [1.29, 1.82) is 0 Å². The first-order chi connectivity index (χ1) is 31.4. The Labute approximate surface area is 395 Å². The molecule has 7 rings (SSSR count). The van der Waals surface area contributed by atoms with Crippen molar-refractivity contribution in [1.82, 2.24) is 0 Å². The highest BCUT2D eigenvalue weighted by atomic mass is 32.2. The number of rotatable bonds is 25. The summed E-state index contributed by atoms with van der Waals surface area (Å²) in [6.45, 7) is 2.86. The molecule has 3 aromatic rings. The number of ether oxygens (including phenoxy) is 6. The van der Waals surface area contributed by atoms with Crippen LogP contribution in [-0.4, -0.2) is 128 Å². The second-order valence-corrected chi connectivity index (χ2v) is 27.5. The SMILES string of the molecule is COc1cc(C(Cc2cc(OCCO)c(C(Cc3cc(OCCO)c(C(C)[S+]4CCCC4)cc3OC)[S+]3CCCC3)cc2OC)[S+]2CCCC2)c(OCCO)cc1CC[S+]1CCCC1. The van der Waals surface area contributed by atoms with Crippen LogP contribution in [0.15, 0.2) is 36.4 Å². The number of aryl methyl sites for hydroxylation is 1. The maximum atomic E-state index is 10.2. The Hall–Kier alpha value is -2.26. The predicted octanol–water partition coefficient (Wildman–Crippen LogP) is 7.65. The van der Waals surface area contributed by atoms with E-state index >= 15 is 0 Å². The quantitative estimate of drug-likeness (QED) is 0.0738. The van der Waals surface area contributed by atoms with E-state index in [-0.39, 0.29) is 71.9 Å². The molecular formula is C51H76O9S4+4. The van der Waals surface area contributed by atoms with Crippen LogP contribution in [0.3, 0.4) is 0 Å². The molecule has 3 atom stereocenters. The van der Waals surface area contributed by atoms with Crippen molar-refractivity contribution in [3.05, 3.63) is 69.8 Å². The summed E-state index contributed by atoms with van der Waals surface area (Å²) in [6.07, 6.45) is 12.5. The molecule has 0 spiro atoms. The van der Waals surface area contributed by atoms with E-state index in [1.165, 1.54) is 103 Å². The van der Waals surface area contributed by atoms with Crippen molar-refractivity contribution in [2.45, 2.75) is 93.3 Å². The van der Waals surface area contributed by atoms with Crippen molar-refractivity contribution >= 4 is 43.6 Å². The summed E-state index contributed by atoms with van der Waals surface area (Å²) in [5, 5.41) is 30.6. The molecule has 4 heterocycles. The van der Waals surface area contributed by atoms with Crippen molar-refractivity contribution in [3.8, 4) is 34.5 Å². The Kier molecular flexibility index (Phi) is 19.5. The van der Waals surface area contributed by atoms with Gasteiger partial charge in [-0.15, -0.1) is 0 Å².